The predicted molar refractivity (Wildman–Crippen MR) is 81.9 cm³/mol. The van der Waals surface area contributed by atoms with Gasteiger partial charge in [0, 0.05) is 11.5 Å². The van der Waals surface area contributed by atoms with Crippen molar-refractivity contribution in [2.75, 3.05) is 14.2 Å². The first kappa shape index (κ1) is 15.4. The van der Waals surface area contributed by atoms with Crippen LogP contribution in [0, 0.1) is 5.92 Å². The fourth-order valence-corrected chi connectivity index (χ4v) is 2.56. The summed E-state index contributed by atoms with van der Waals surface area (Å²) >= 11 is 0. The van der Waals surface area contributed by atoms with E-state index in [0.717, 1.165) is 37.0 Å². The van der Waals surface area contributed by atoms with Gasteiger partial charge in [0.05, 0.1) is 20.4 Å². The first-order chi connectivity index (χ1) is 10.2. The molecule has 1 saturated carbocycles. The summed E-state index contributed by atoms with van der Waals surface area (Å²) in [5, 5.41) is 4.04. The van der Waals surface area contributed by atoms with E-state index < -0.39 is 0 Å². The lowest BCUT2D eigenvalue weighted by atomic mass is 9.89. The number of amides is 1. The Labute approximate surface area is 125 Å². The third-order valence-electron chi connectivity index (χ3n) is 3.79. The number of carbonyl (C=O) groups excluding carboxylic acids is 1. The molecule has 0 heterocycles. The second-order valence-corrected chi connectivity index (χ2v) is 5.18. The molecule has 0 saturated heterocycles. The van der Waals surface area contributed by atoms with Gasteiger partial charge in [0.2, 0.25) is 5.91 Å². The van der Waals surface area contributed by atoms with Gasteiger partial charge in [-0.25, -0.2) is 5.43 Å². The van der Waals surface area contributed by atoms with Gasteiger partial charge in [-0.05, 0) is 31.0 Å². The molecule has 1 aliphatic rings. The lowest BCUT2D eigenvalue weighted by Crippen LogP contribution is -2.28. The van der Waals surface area contributed by atoms with Crippen molar-refractivity contribution < 1.29 is 14.3 Å². The summed E-state index contributed by atoms with van der Waals surface area (Å²) in [6.45, 7) is 0. The molecule has 1 aromatic rings. The summed E-state index contributed by atoms with van der Waals surface area (Å²) in [5.41, 5.74) is 3.39. The zero-order chi connectivity index (χ0) is 15.1. The van der Waals surface area contributed by atoms with Crippen molar-refractivity contribution in [2.24, 2.45) is 11.0 Å². The molecule has 1 N–H and O–H groups in total. The highest BCUT2D eigenvalue weighted by molar-refractivity contribution is 5.86. The highest BCUT2D eigenvalue weighted by Gasteiger charge is 2.20. The monoisotopic (exact) mass is 290 g/mol. The van der Waals surface area contributed by atoms with Crippen LogP contribution in [-0.4, -0.2) is 26.3 Å². The molecule has 1 aliphatic carbocycles. The zero-order valence-corrected chi connectivity index (χ0v) is 12.6. The van der Waals surface area contributed by atoms with Crippen molar-refractivity contribution in [3.8, 4) is 11.5 Å². The maximum atomic E-state index is 12.0. The Kier molecular flexibility index (Phi) is 5.60. The zero-order valence-electron chi connectivity index (χ0n) is 12.6. The first-order valence-corrected chi connectivity index (χ1v) is 7.29. The predicted octanol–water partition coefficient (Wildman–Crippen LogP) is 2.73. The Balaban J connectivity index is 1.98. The second-order valence-electron chi connectivity index (χ2n) is 5.18. The Hall–Kier alpha value is -2.04. The Morgan fingerprint density at radius 1 is 1.24 bits per heavy atom. The Morgan fingerprint density at radius 3 is 2.67 bits per heavy atom. The second kappa shape index (κ2) is 7.67. The number of nitrogens with zero attached hydrogens (tertiary/aromatic N) is 1. The van der Waals surface area contributed by atoms with Crippen LogP contribution in [0.5, 0.6) is 11.5 Å². The van der Waals surface area contributed by atoms with Crippen LogP contribution in [0.2, 0.25) is 0 Å². The standard InChI is InChI=1S/C16H22N2O3/c1-20-14-8-9-15(21-2)13(10-14)11-17-18-16(19)12-6-4-3-5-7-12/h8-12H,3-7H2,1-2H3,(H,18,19). The molecule has 0 aliphatic heterocycles. The van der Waals surface area contributed by atoms with Gasteiger partial charge in [-0.2, -0.15) is 5.10 Å². The van der Waals surface area contributed by atoms with Gasteiger partial charge in [0.1, 0.15) is 11.5 Å². The van der Waals surface area contributed by atoms with E-state index in [0.29, 0.717) is 5.75 Å². The highest BCUT2D eigenvalue weighted by atomic mass is 16.5. The minimum atomic E-state index is 0.00723. The topological polar surface area (TPSA) is 59.9 Å². The molecule has 1 amide bonds. The quantitative estimate of drug-likeness (QED) is 0.670. The van der Waals surface area contributed by atoms with E-state index in [-0.39, 0.29) is 11.8 Å². The van der Waals surface area contributed by atoms with Crippen LogP contribution in [-0.2, 0) is 4.79 Å². The SMILES string of the molecule is COc1ccc(OC)c(C=NNC(=O)C2CCCCC2)c1. The van der Waals surface area contributed by atoms with Crippen LogP contribution in [0.4, 0.5) is 0 Å². The summed E-state index contributed by atoms with van der Waals surface area (Å²) in [6.07, 6.45) is 7.00. The van der Waals surface area contributed by atoms with Crippen molar-refractivity contribution in [1.29, 1.82) is 0 Å². The molecule has 0 spiro atoms. The van der Waals surface area contributed by atoms with E-state index in [4.69, 9.17) is 9.47 Å². The highest BCUT2D eigenvalue weighted by Crippen LogP contribution is 2.24. The molecule has 0 atom stereocenters. The molecule has 21 heavy (non-hydrogen) atoms. The van der Waals surface area contributed by atoms with Gasteiger partial charge in [0.15, 0.2) is 0 Å². The van der Waals surface area contributed by atoms with E-state index in [2.05, 4.69) is 10.5 Å². The van der Waals surface area contributed by atoms with Gasteiger partial charge < -0.3 is 9.47 Å². The summed E-state index contributed by atoms with van der Waals surface area (Å²) in [7, 11) is 3.20. The van der Waals surface area contributed by atoms with E-state index >= 15 is 0 Å². The van der Waals surface area contributed by atoms with Crippen LogP contribution in [0.3, 0.4) is 0 Å². The molecule has 0 radical (unpaired) electrons. The minimum absolute atomic E-state index is 0.00723. The lowest BCUT2D eigenvalue weighted by Gasteiger charge is -2.19. The fraction of sp³-hybridized carbons (Fsp3) is 0.500. The lowest BCUT2D eigenvalue weighted by molar-refractivity contribution is -0.125. The van der Waals surface area contributed by atoms with Crippen LogP contribution >= 0.6 is 0 Å². The molecular formula is C16H22N2O3. The molecule has 1 aromatic carbocycles. The average Bonchev–Trinajstić information content (AvgIpc) is 2.55. The number of hydrazone groups is 1. The van der Waals surface area contributed by atoms with Gasteiger partial charge in [-0.3, -0.25) is 4.79 Å². The number of benzene rings is 1. The normalized spacial score (nSPS) is 15.9. The summed E-state index contributed by atoms with van der Waals surface area (Å²) in [5.74, 6) is 1.51. The third kappa shape index (κ3) is 4.21. The molecule has 2 rings (SSSR count). The maximum Gasteiger partial charge on any atom is 0.243 e. The van der Waals surface area contributed by atoms with Crippen LogP contribution in [0.1, 0.15) is 37.7 Å². The van der Waals surface area contributed by atoms with E-state index in [9.17, 15) is 4.79 Å². The number of carbonyl (C=O) groups is 1. The number of rotatable bonds is 5. The van der Waals surface area contributed by atoms with Crippen LogP contribution in [0.15, 0.2) is 23.3 Å². The number of hydrogen-bond acceptors (Lipinski definition) is 4. The molecule has 0 aromatic heterocycles. The number of ether oxygens (including phenoxy) is 2. The van der Waals surface area contributed by atoms with Crippen molar-refractivity contribution in [2.45, 2.75) is 32.1 Å². The fourth-order valence-electron chi connectivity index (χ4n) is 2.56. The molecular weight excluding hydrogens is 268 g/mol. The third-order valence-corrected chi connectivity index (χ3v) is 3.79. The van der Waals surface area contributed by atoms with Crippen molar-refractivity contribution in [3.63, 3.8) is 0 Å². The number of hydrogen-bond donors (Lipinski definition) is 1. The van der Waals surface area contributed by atoms with E-state index in [1.165, 1.54) is 6.42 Å². The minimum Gasteiger partial charge on any atom is -0.497 e. The molecule has 5 nitrogen and oxygen atoms in total. The maximum absolute atomic E-state index is 12.0. The molecule has 1 fully saturated rings. The van der Waals surface area contributed by atoms with Crippen molar-refractivity contribution in [1.82, 2.24) is 5.43 Å². The van der Waals surface area contributed by atoms with Gasteiger partial charge in [-0.15, -0.1) is 0 Å². The van der Waals surface area contributed by atoms with E-state index in [1.807, 2.05) is 18.2 Å². The Bertz CT molecular complexity index is 508. The first-order valence-electron chi connectivity index (χ1n) is 7.29. The van der Waals surface area contributed by atoms with Gasteiger partial charge >= 0.3 is 0 Å². The van der Waals surface area contributed by atoms with Crippen molar-refractivity contribution >= 4 is 12.1 Å². The summed E-state index contributed by atoms with van der Waals surface area (Å²) in [4.78, 5) is 12.0. The van der Waals surface area contributed by atoms with Crippen LogP contribution < -0.4 is 14.9 Å². The smallest absolute Gasteiger partial charge is 0.243 e. The number of methoxy groups -OCH3 is 2. The molecule has 114 valence electrons. The summed E-state index contributed by atoms with van der Waals surface area (Å²) in [6, 6.07) is 5.44. The number of nitrogens with one attached hydrogen (secondary N) is 1. The van der Waals surface area contributed by atoms with Crippen molar-refractivity contribution in [3.05, 3.63) is 23.8 Å². The van der Waals surface area contributed by atoms with Crippen LogP contribution in [0.25, 0.3) is 0 Å². The molecule has 5 heteroatoms. The van der Waals surface area contributed by atoms with Gasteiger partial charge in [0.25, 0.3) is 0 Å². The molecule has 0 bridgehead atoms. The van der Waals surface area contributed by atoms with E-state index in [1.54, 1.807) is 20.4 Å². The largest absolute Gasteiger partial charge is 0.497 e. The van der Waals surface area contributed by atoms with Gasteiger partial charge in [-0.1, -0.05) is 19.3 Å². The molecule has 0 unspecified atom stereocenters. The summed E-state index contributed by atoms with van der Waals surface area (Å²) < 4.78 is 10.4. The Morgan fingerprint density at radius 2 is 2.00 bits per heavy atom. The average molecular weight is 290 g/mol.